The number of carbonyl (C=O) groups is 1. The summed E-state index contributed by atoms with van der Waals surface area (Å²) in [7, 11) is 0. The Hall–Kier alpha value is -3.38. The quantitative estimate of drug-likeness (QED) is 0.271. The lowest BCUT2D eigenvalue weighted by atomic mass is 10.1. The third-order valence-corrected chi connectivity index (χ3v) is 5.53. The predicted molar refractivity (Wildman–Crippen MR) is 116 cm³/mol. The van der Waals surface area contributed by atoms with Gasteiger partial charge in [0, 0.05) is 27.8 Å². The largest absolute Gasteiger partial charge is 0.463 e. The average Bonchev–Trinajstić information content (AvgIpc) is 3.31. The van der Waals surface area contributed by atoms with Crippen molar-refractivity contribution in [2.24, 2.45) is 5.10 Å². The summed E-state index contributed by atoms with van der Waals surface area (Å²) in [5, 5.41) is 5.22. The minimum atomic E-state index is -0.256. The Morgan fingerprint density at radius 1 is 1.07 bits per heavy atom. The van der Waals surface area contributed by atoms with Crippen LogP contribution in [0.1, 0.15) is 28.6 Å². The minimum absolute atomic E-state index is 0.256. The molecule has 0 radical (unpaired) electrons. The molecule has 0 saturated heterocycles. The number of carbonyl (C=O) groups excluding carboxylic acids is 1. The molecule has 0 saturated carbocycles. The molecule has 0 aliphatic rings. The SMILES string of the molecule is C/C(=N\NC(=O)c1ccc(CSc2cccc3cccnc23)cc1)c1ccco1. The molecule has 144 valence electrons. The lowest BCUT2D eigenvalue weighted by Gasteiger charge is -2.06. The van der Waals surface area contributed by atoms with Gasteiger partial charge in [-0.2, -0.15) is 5.10 Å². The molecular weight excluding hydrogens is 382 g/mol. The van der Waals surface area contributed by atoms with Gasteiger partial charge in [0.05, 0.1) is 11.8 Å². The Kier molecular flexibility index (Phi) is 5.72. The van der Waals surface area contributed by atoms with Gasteiger partial charge in [-0.1, -0.05) is 30.3 Å². The van der Waals surface area contributed by atoms with Gasteiger partial charge in [-0.15, -0.1) is 11.8 Å². The summed E-state index contributed by atoms with van der Waals surface area (Å²) in [5.41, 5.74) is 5.88. The molecular formula is C23H19N3O2S. The van der Waals surface area contributed by atoms with Gasteiger partial charge in [0.1, 0.15) is 11.5 Å². The monoisotopic (exact) mass is 401 g/mol. The number of nitrogens with zero attached hydrogens (tertiary/aromatic N) is 2. The van der Waals surface area contributed by atoms with E-state index in [0.29, 0.717) is 17.0 Å². The summed E-state index contributed by atoms with van der Waals surface area (Å²) in [6.45, 7) is 1.78. The zero-order valence-corrected chi connectivity index (χ0v) is 16.6. The van der Waals surface area contributed by atoms with E-state index >= 15 is 0 Å². The molecule has 4 aromatic rings. The molecule has 0 aliphatic carbocycles. The third-order valence-electron chi connectivity index (χ3n) is 4.41. The van der Waals surface area contributed by atoms with Crippen molar-refractivity contribution >= 4 is 34.3 Å². The molecule has 0 unspecified atom stereocenters. The van der Waals surface area contributed by atoms with Crippen molar-refractivity contribution in [3.63, 3.8) is 0 Å². The Balaban J connectivity index is 1.39. The van der Waals surface area contributed by atoms with Crippen molar-refractivity contribution in [3.05, 3.63) is 96.1 Å². The van der Waals surface area contributed by atoms with Gasteiger partial charge in [-0.25, -0.2) is 5.43 Å². The van der Waals surface area contributed by atoms with Gasteiger partial charge in [0.2, 0.25) is 0 Å². The Labute approximate surface area is 172 Å². The van der Waals surface area contributed by atoms with E-state index in [2.05, 4.69) is 33.7 Å². The van der Waals surface area contributed by atoms with Gasteiger partial charge in [-0.05, 0) is 48.9 Å². The maximum absolute atomic E-state index is 12.3. The zero-order valence-electron chi connectivity index (χ0n) is 15.8. The molecule has 0 fully saturated rings. The second-order valence-electron chi connectivity index (χ2n) is 6.43. The van der Waals surface area contributed by atoms with E-state index in [-0.39, 0.29) is 5.91 Å². The van der Waals surface area contributed by atoms with Gasteiger partial charge in [0.25, 0.3) is 5.91 Å². The highest BCUT2D eigenvalue weighted by atomic mass is 32.2. The normalized spacial score (nSPS) is 11.6. The van der Waals surface area contributed by atoms with Crippen LogP contribution in [-0.4, -0.2) is 16.6 Å². The summed E-state index contributed by atoms with van der Waals surface area (Å²) in [6, 6.07) is 21.3. The summed E-state index contributed by atoms with van der Waals surface area (Å²) >= 11 is 1.73. The van der Waals surface area contributed by atoms with Crippen molar-refractivity contribution in [1.29, 1.82) is 0 Å². The van der Waals surface area contributed by atoms with Crippen LogP contribution in [0.3, 0.4) is 0 Å². The Bertz CT molecular complexity index is 1150. The van der Waals surface area contributed by atoms with Gasteiger partial charge < -0.3 is 4.42 Å². The van der Waals surface area contributed by atoms with Crippen molar-refractivity contribution in [2.75, 3.05) is 0 Å². The smallest absolute Gasteiger partial charge is 0.271 e. The van der Waals surface area contributed by atoms with Gasteiger partial charge in [-0.3, -0.25) is 9.78 Å². The van der Waals surface area contributed by atoms with Crippen LogP contribution in [0.25, 0.3) is 10.9 Å². The van der Waals surface area contributed by atoms with E-state index in [4.69, 9.17) is 4.42 Å². The lowest BCUT2D eigenvalue weighted by molar-refractivity contribution is 0.0955. The Morgan fingerprint density at radius 3 is 2.69 bits per heavy atom. The maximum Gasteiger partial charge on any atom is 0.271 e. The second kappa shape index (κ2) is 8.75. The third kappa shape index (κ3) is 4.55. The van der Waals surface area contributed by atoms with E-state index < -0.39 is 0 Å². The number of thioether (sulfide) groups is 1. The fourth-order valence-electron chi connectivity index (χ4n) is 2.84. The summed E-state index contributed by atoms with van der Waals surface area (Å²) < 4.78 is 5.25. The number of para-hydroxylation sites is 1. The summed E-state index contributed by atoms with van der Waals surface area (Å²) in [6.07, 6.45) is 3.39. The van der Waals surface area contributed by atoms with Crippen LogP contribution in [0.2, 0.25) is 0 Å². The van der Waals surface area contributed by atoms with Crippen LogP contribution in [0.4, 0.5) is 0 Å². The van der Waals surface area contributed by atoms with Gasteiger partial charge in [0.15, 0.2) is 0 Å². The van der Waals surface area contributed by atoms with E-state index in [1.54, 1.807) is 37.1 Å². The van der Waals surface area contributed by atoms with Crippen LogP contribution in [-0.2, 0) is 5.75 Å². The van der Waals surface area contributed by atoms with Crippen LogP contribution in [0.5, 0.6) is 0 Å². The number of benzene rings is 2. The number of fused-ring (bicyclic) bond motifs is 1. The molecule has 6 heteroatoms. The first kappa shape index (κ1) is 19.0. The van der Waals surface area contributed by atoms with Crippen LogP contribution >= 0.6 is 11.8 Å². The molecule has 2 aromatic heterocycles. The first-order chi connectivity index (χ1) is 14.2. The number of hydrogen-bond acceptors (Lipinski definition) is 5. The van der Waals surface area contributed by atoms with E-state index in [1.165, 1.54) is 0 Å². The van der Waals surface area contributed by atoms with Crippen molar-refractivity contribution in [3.8, 4) is 0 Å². The van der Waals surface area contributed by atoms with E-state index in [0.717, 1.165) is 27.1 Å². The molecule has 0 atom stereocenters. The first-order valence-electron chi connectivity index (χ1n) is 9.15. The summed E-state index contributed by atoms with van der Waals surface area (Å²) in [5.74, 6) is 1.17. The highest BCUT2D eigenvalue weighted by molar-refractivity contribution is 7.98. The number of pyridine rings is 1. The minimum Gasteiger partial charge on any atom is -0.463 e. The van der Waals surface area contributed by atoms with Crippen LogP contribution in [0.15, 0.2) is 93.6 Å². The number of furan rings is 1. The fraction of sp³-hybridized carbons (Fsp3) is 0.0870. The number of hydrogen-bond donors (Lipinski definition) is 1. The molecule has 29 heavy (non-hydrogen) atoms. The molecule has 1 amide bonds. The number of amides is 1. The van der Waals surface area contributed by atoms with E-state index in [9.17, 15) is 4.79 Å². The average molecular weight is 401 g/mol. The Morgan fingerprint density at radius 2 is 1.90 bits per heavy atom. The van der Waals surface area contributed by atoms with Gasteiger partial charge >= 0.3 is 0 Å². The molecule has 0 bridgehead atoms. The number of rotatable bonds is 6. The number of aromatic nitrogens is 1. The zero-order chi connectivity index (χ0) is 20.1. The standard InChI is InChI=1S/C23H19N3O2S/c1-16(20-7-4-14-28-20)25-26-23(27)19-11-9-17(10-12-19)15-29-21-8-2-5-18-6-3-13-24-22(18)21/h2-14H,15H2,1H3,(H,26,27)/b25-16+. The molecule has 0 aliphatic heterocycles. The fourth-order valence-corrected chi connectivity index (χ4v) is 3.84. The molecule has 4 rings (SSSR count). The molecule has 1 N–H and O–H groups in total. The second-order valence-corrected chi connectivity index (χ2v) is 7.45. The van der Waals surface area contributed by atoms with Crippen molar-refractivity contribution in [2.45, 2.75) is 17.6 Å². The van der Waals surface area contributed by atoms with Crippen molar-refractivity contribution < 1.29 is 9.21 Å². The highest BCUT2D eigenvalue weighted by Crippen LogP contribution is 2.28. The van der Waals surface area contributed by atoms with E-state index in [1.807, 2.05) is 42.6 Å². The van der Waals surface area contributed by atoms with Crippen LogP contribution in [0, 0.1) is 0 Å². The van der Waals surface area contributed by atoms with Crippen LogP contribution < -0.4 is 5.43 Å². The predicted octanol–water partition coefficient (Wildman–Crippen LogP) is 5.27. The topological polar surface area (TPSA) is 67.5 Å². The molecule has 5 nitrogen and oxygen atoms in total. The summed E-state index contributed by atoms with van der Waals surface area (Å²) in [4.78, 5) is 17.9. The molecule has 2 heterocycles. The highest BCUT2D eigenvalue weighted by Gasteiger charge is 2.07. The molecule has 2 aromatic carbocycles. The van der Waals surface area contributed by atoms with Crippen molar-refractivity contribution in [1.82, 2.24) is 10.4 Å². The number of nitrogens with one attached hydrogen (secondary N) is 1. The number of hydrazone groups is 1. The molecule has 0 spiro atoms. The lowest BCUT2D eigenvalue weighted by Crippen LogP contribution is -2.19. The maximum atomic E-state index is 12.3. The first-order valence-corrected chi connectivity index (χ1v) is 10.1.